The molecule has 1 unspecified atom stereocenters. The van der Waals surface area contributed by atoms with Crippen LogP contribution in [-0.4, -0.2) is 19.1 Å². The third-order valence-electron chi connectivity index (χ3n) is 2.98. The van der Waals surface area contributed by atoms with Gasteiger partial charge in [-0.25, -0.2) is 4.39 Å². The van der Waals surface area contributed by atoms with Crippen LogP contribution in [0.5, 0.6) is 0 Å². The van der Waals surface area contributed by atoms with E-state index in [9.17, 15) is 22.4 Å². The Labute approximate surface area is 120 Å². The van der Waals surface area contributed by atoms with Crippen molar-refractivity contribution in [3.63, 3.8) is 0 Å². The highest BCUT2D eigenvalue weighted by atomic mass is 19.4. The van der Waals surface area contributed by atoms with Crippen LogP contribution >= 0.6 is 0 Å². The van der Waals surface area contributed by atoms with E-state index in [-0.39, 0.29) is 18.0 Å². The van der Waals surface area contributed by atoms with E-state index in [1.807, 2.05) is 0 Å². The number of benzene rings is 1. The van der Waals surface area contributed by atoms with Gasteiger partial charge in [-0.05, 0) is 23.6 Å². The molecule has 0 spiro atoms. The van der Waals surface area contributed by atoms with Gasteiger partial charge in [-0.1, -0.05) is 19.9 Å². The smallest absolute Gasteiger partial charge is 0.419 e. The highest BCUT2D eigenvalue weighted by Crippen LogP contribution is 2.31. The second-order valence-electron chi connectivity index (χ2n) is 4.94. The zero-order chi connectivity index (χ0) is 16.2. The SMILES string of the molecule is COC(=O)C(NCc1ccc(F)c(C(F)(F)F)c1)C(C)C. The molecular formula is C14H17F4NO2. The van der Waals surface area contributed by atoms with E-state index in [0.29, 0.717) is 0 Å². The number of rotatable bonds is 5. The number of carbonyl (C=O) groups is 1. The number of esters is 1. The Morgan fingerprint density at radius 3 is 2.43 bits per heavy atom. The van der Waals surface area contributed by atoms with Crippen LogP contribution in [0, 0.1) is 11.7 Å². The van der Waals surface area contributed by atoms with Gasteiger partial charge in [-0.2, -0.15) is 13.2 Å². The van der Waals surface area contributed by atoms with Gasteiger partial charge in [0.25, 0.3) is 0 Å². The van der Waals surface area contributed by atoms with Crippen LogP contribution < -0.4 is 5.32 Å². The fourth-order valence-corrected chi connectivity index (χ4v) is 1.85. The van der Waals surface area contributed by atoms with Gasteiger partial charge in [0, 0.05) is 6.54 Å². The number of nitrogens with one attached hydrogen (secondary N) is 1. The van der Waals surface area contributed by atoms with Gasteiger partial charge in [-0.15, -0.1) is 0 Å². The predicted molar refractivity (Wildman–Crippen MR) is 68.9 cm³/mol. The molecule has 3 nitrogen and oxygen atoms in total. The third kappa shape index (κ3) is 4.70. The standard InChI is InChI=1S/C14H17F4NO2/c1-8(2)12(13(20)21-3)19-7-9-4-5-11(15)10(6-9)14(16,17)18/h4-6,8,12,19H,7H2,1-3H3. The second-order valence-corrected chi connectivity index (χ2v) is 4.94. The molecule has 0 aliphatic rings. The normalized spacial score (nSPS) is 13.3. The molecule has 0 bridgehead atoms. The maximum Gasteiger partial charge on any atom is 0.419 e. The monoisotopic (exact) mass is 307 g/mol. The zero-order valence-electron chi connectivity index (χ0n) is 11.9. The lowest BCUT2D eigenvalue weighted by molar-refractivity contribution is -0.144. The van der Waals surface area contributed by atoms with Gasteiger partial charge in [0.1, 0.15) is 11.9 Å². The number of methoxy groups -OCH3 is 1. The van der Waals surface area contributed by atoms with Gasteiger partial charge < -0.3 is 10.1 Å². The van der Waals surface area contributed by atoms with E-state index in [0.717, 1.165) is 12.1 Å². The average molecular weight is 307 g/mol. The first-order valence-corrected chi connectivity index (χ1v) is 6.33. The summed E-state index contributed by atoms with van der Waals surface area (Å²) in [6, 6.07) is 2.10. The summed E-state index contributed by atoms with van der Waals surface area (Å²) in [5.41, 5.74) is -1.08. The van der Waals surface area contributed by atoms with Gasteiger partial charge >= 0.3 is 12.1 Å². The molecule has 0 amide bonds. The molecule has 0 aliphatic carbocycles. The van der Waals surface area contributed by atoms with E-state index >= 15 is 0 Å². The minimum Gasteiger partial charge on any atom is -0.468 e. The molecule has 1 N–H and O–H groups in total. The molecule has 1 rings (SSSR count). The van der Waals surface area contributed by atoms with Gasteiger partial charge in [0.15, 0.2) is 0 Å². The Morgan fingerprint density at radius 1 is 1.33 bits per heavy atom. The predicted octanol–water partition coefficient (Wildman–Crippen LogP) is 3.13. The quantitative estimate of drug-likeness (QED) is 0.671. The van der Waals surface area contributed by atoms with Crippen LogP contribution in [0.25, 0.3) is 0 Å². The number of carbonyl (C=O) groups excluding carboxylic acids is 1. The third-order valence-corrected chi connectivity index (χ3v) is 2.98. The van der Waals surface area contributed by atoms with Gasteiger partial charge in [-0.3, -0.25) is 4.79 Å². The highest BCUT2D eigenvalue weighted by Gasteiger charge is 2.34. The average Bonchev–Trinajstić information content (AvgIpc) is 2.38. The van der Waals surface area contributed by atoms with Crippen molar-refractivity contribution < 1.29 is 27.1 Å². The summed E-state index contributed by atoms with van der Waals surface area (Å²) in [5, 5.41) is 2.82. The lowest BCUT2D eigenvalue weighted by Gasteiger charge is -2.20. The number of halogens is 4. The molecule has 0 aromatic heterocycles. The first kappa shape index (κ1) is 17.4. The van der Waals surface area contributed by atoms with E-state index in [4.69, 9.17) is 0 Å². The summed E-state index contributed by atoms with van der Waals surface area (Å²) in [7, 11) is 1.24. The van der Waals surface area contributed by atoms with Crippen LogP contribution in [0.15, 0.2) is 18.2 Å². The number of hydrogen-bond acceptors (Lipinski definition) is 3. The second kappa shape index (κ2) is 6.89. The fraction of sp³-hybridized carbons (Fsp3) is 0.500. The molecule has 0 saturated carbocycles. The van der Waals surface area contributed by atoms with Crippen molar-refractivity contribution in [1.29, 1.82) is 0 Å². The molecule has 1 atom stereocenters. The molecule has 7 heteroatoms. The van der Waals surface area contributed by atoms with Crippen molar-refractivity contribution >= 4 is 5.97 Å². The summed E-state index contributed by atoms with van der Waals surface area (Å²) < 4.78 is 55.6. The van der Waals surface area contributed by atoms with E-state index in [1.54, 1.807) is 13.8 Å². The maximum atomic E-state index is 13.2. The van der Waals surface area contributed by atoms with Crippen molar-refractivity contribution in [3.8, 4) is 0 Å². The van der Waals surface area contributed by atoms with Crippen LogP contribution in [-0.2, 0) is 22.3 Å². The van der Waals surface area contributed by atoms with Crippen molar-refractivity contribution in [3.05, 3.63) is 35.1 Å². The maximum absolute atomic E-state index is 13.2. The fourth-order valence-electron chi connectivity index (χ4n) is 1.85. The molecule has 0 fully saturated rings. The van der Waals surface area contributed by atoms with Crippen LogP contribution in [0.1, 0.15) is 25.0 Å². The first-order chi connectivity index (χ1) is 9.66. The molecule has 1 aromatic rings. The topological polar surface area (TPSA) is 38.3 Å². The molecular weight excluding hydrogens is 290 g/mol. The van der Waals surface area contributed by atoms with Crippen molar-refractivity contribution in [2.24, 2.45) is 5.92 Å². The highest BCUT2D eigenvalue weighted by molar-refractivity contribution is 5.75. The van der Waals surface area contributed by atoms with Gasteiger partial charge in [0.05, 0.1) is 12.7 Å². The van der Waals surface area contributed by atoms with E-state index < -0.39 is 29.6 Å². The minimum absolute atomic E-state index is 0.00130. The molecule has 1 aromatic carbocycles. The Bertz CT molecular complexity index is 500. The lowest BCUT2D eigenvalue weighted by atomic mass is 10.0. The first-order valence-electron chi connectivity index (χ1n) is 6.33. The Morgan fingerprint density at radius 2 is 1.95 bits per heavy atom. The molecule has 21 heavy (non-hydrogen) atoms. The minimum atomic E-state index is -4.75. The molecule has 0 saturated heterocycles. The van der Waals surface area contributed by atoms with Crippen LogP contribution in [0.2, 0.25) is 0 Å². The number of ether oxygens (including phenoxy) is 1. The summed E-state index contributed by atoms with van der Waals surface area (Å²) in [4.78, 5) is 11.5. The number of hydrogen-bond donors (Lipinski definition) is 1. The molecule has 0 aliphatic heterocycles. The summed E-state index contributed by atoms with van der Waals surface area (Å²) in [5.74, 6) is -1.91. The van der Waals surface area contributed by atoms with Crippen molar-refractivity contribution in [2.75, 3.05) is 7.11 Å². The van der Waals surface area contributed by atoms with Gasteiger partial charge in [0.2, 0.25) is 0 Å². The van der Waals surface area contributed by atoms with Crippen LogP contribution in [0.4, 0.5) is 17.6 Å². The molecule has 0 heterocycles. The van der Waals surface area contributed by atoms with E-state index in [2.05, 4.69) is 10.1 Å². The van der Waals surface area contributed by atoms with Crippen LogP contribution in [0.3, 0.4) is 0 Å². The Balaban J connectivity index is 2.87. The summed E-state index contributed by atoms with van der Waals surface area (Å²) in [6.45, 7) is 3.56. The largest absolute Gasteiger partial charge is 0.468 e. The molecule has 0 radical (unpaired) electrons. The zero-order valence-corrected chi connectivity index (χ0v) is 11.9. The Hall–Kier alpha value is -1.63. The summed E-state index contributed by atoms with van der Waals surface area (Å²) >= 11 is 0. The van der Waals surface area contributed by atoms with Crippen molar-refractivity contribution in [1.82, 2.24) is 5.32 Å². The number of alkyl halides is 3. The Kier molecular flexibility index (Phi) is 5.71. The molecule has 118 valence electrons. The lowest BCUT2D eigenvalue weighted by Crippen LogP contribution is -2.41. The summed E-state index contributed by atoms with van der Waals surface area (Å²) in [6.07, 6.45) is -4.75. The van der Waals surface area contributed by atoms with Crippen molar-refractivity contribution in [2.45, 2.75) is 32.6 Å². The van der Waals surface area contributed by atoms with E-state index in [1.165, 1.54) is 13.2 Å².